The van der Waals surface area contributed by atoms with Gasteiger partial charge in [-0.25, -0.2) is 4.98 Å². The van der Waals surface area contributed by atoms with Crippen LogP contribution in [0.4, 0.5) is 5.95 Å². The van der Waals surface area contributed by atoms with Crippen LogP contribution in [0.1, 0.15) is 31.9 Å². The van der Waals surface area contributed by atoms with Crippen LogP contribution in [-0.4, -0.2) is 34.3 Å². The summed E-state index contributed by atoms with van der Waals surface area (Å²) in [7, 11) is 0. The fraction of sp³-hybridized carbons (Fsp3) is 0.467. The third kappa shape index (κ3) is 3.81. The molecule has 2 rings (SSSR count). The van der Waals surface area contributed by atoms with Gasteiger partial charge in [0.05, 0.1) is 6.04 Å². The highest BCUT2D eigenvalue weighted by molar-refractivity contribution is 5.29. The third-order valence-electron chi connectivity index (χ3n) is 3.23. The fourth-order valence-electron chi connectivity index (χ4n) is 2.08. The number of nitrogens with one attached hydrogen (secondary N) is 1. The summed E-state index contributed by atoms with van der Waals surface area (Å²) in [6, 6.07) is 4.29. The standard InChI is InChI=1S/C15H22N4O/c1-3-20-12-4-7-17-15-18-10-11-19(15)13(2)14-5-8-16-9-6-14/h5-6,8-11,13H,3-4,7,12H2,1-2H3,(H,17,18). The van der Waals surface area contributed by atoms with Gasteiger partial charge in [0.1, 0.15) is 0 Å². The number of rotatable bonds is 8. The maximum Gasteiger partial charge on any atom is 0.203 e. The van der Waals surface area contributed by atoms with E-state index in [9.17, 15) is 0 Å². The quantitative estimate of drug-likeness (QED) is 0.752. The number of ether oxygens (including phenoxy) is 1. The minimum absolute atomic E-state index is 0.231. The Morgan fingerprint density at radius 3 is 2.85 bits per heavy atom. The van der Waals surface area contributed by atoms with Crippen LogP contribution in [0.25, 0.3) is 0 Å². The summed E-state index contributed by atoms with van der Waals surface area (Å²) >= 11 is 0. The van der Waals surface area contributed by atoms with E-state index in [-0.39, 0.29) is 6.04 Å². The molecule has 0 aliphatic rings. The van der Waals surface area contributed by atoms with Crippen LogP contribution in [-0.2, 0) is 4.74 Å². The molecule has 0 aliphatic carbocycles. The second kappa shape index (κ2) is 7.65. The lowest BCUT2D eigenvalue weighted by Crippen LogP contribution is -2.13. The topological polar surface area (TPSA) is 52.0 Å². The molecule has 0 amide bonds. The smallest absolute Gasteiger partial charge is 0.203 e. The second-order valence-electron chi connectivity index (χ2n) is 4.59. The van der Waals surface area contributed by atoms with Crippen LogP contribution >= 0.6 is 0 Å². The van der Waals surface area contributed by atoms with Crippen LogP contribution in [0, 0.1) is 0 Å². The first-order valence-corrected chi connectivity index (χ1v) is 7.07. The molecule has 0 fully saturated rings. The first-order chi connectivity index (χ1) is 9.83. The van der Waals surface area contributed by atoms with Gasteiger partial charge in [-0.3, -0.25) is 4.98 Å². The van der Waals surface area contributed by atoms with Crippen molar-refractivity contribution in [3.8, 4) is 0 Å². The molecule has 0 saturated carbocycles. The van der Waals surface area contributed by atoms with Crippen molar-refractivity contribution in [2.45, 2.75) is 26.3 Å². The molecule has 1 N–H and O–H groups in total. The molecular formula is C15H22N4O. The fourth-order valence-corrected chi connectivity index (χ4v) is 2.08. The minimum atomic E-state index is 0.231. The third-order valence-corrected chi connectivity index (χ3v) is 3.23. The number of imidazole rings is 1. The van der Waals surface area contributed by atoms with Gasteiger partial charge >= 0.3 is 0 Å². The number of hydrogen-bond acceptors (Lipinski definition) is 4. The zero-order chi connectivity index (χ0) is 14.2. The summed E-state index contributed by atoms with van der Waals surface area (Å²) in [5, 5.41) is 3.36. The molecule has 1 unspecified atom stereocenters. The van der Waals surface area contributed by atoms with Crippen molar-refractivity contribution >= 4 is 5.95 Å². The molecule has 0 saturated heterocycles. The Kier molecular flexibility index (Phi) is 5.55. The van der Waals surface area contributed by atoms with Gasteiger partial charge in [-0.1, -0.05) is 0 Å². The highest BCUT2D eigenvalue weighted by Gasteiger charge is 2.11. The van der Waals surface area contributed by atoms with Gasteiger partial charge in [0.2, 0.25) is 5.95 Å². The Morgan fingerprint density at radius 2 is 2.10 bits per heavy atom. The van der Waals surface area contributed by atoms with E-state index in [4.69, 9.17) is 4.74 Å². The van der Waals surface area contributed by atoms with Crippen LogP contribution in [0.3, 0.4) is 0 Å². The molecule has 108 valence electrons. The summed E-state index contributed by atoms with van der Waals surface area (Å²) in [5.74, 6) is 0.894. The Morgan fingerprint density at radius 1 is 1.30 bits per heavy atom. The molecule has 0 aromatic carbocycles. The van der Waals surface area contributed by atoms with E-state index in [1.165, 1.54) is 5.56 Å². The molecule has 5 heteroatoms. The second-order valence-corrected chi connectivity index (χ2v) is 4.59. The molecule has 0 aliphatic heterocycles. The number of hydrogen-bond donors (Lipinski definition) is 1. The number of pyridine rings is 1. The normalized spacial score (nSPS) is 12.3. The van der Waals surface area contributed by atoms with Crippen molar-refractivity contribution in [3.63, 3.8) is 0 Å². The molecular weight excluding hydrogens is 252 g/mol. The van der Waals surface area contributed by atoms with Gasteiger partial charge in [0, 0.05) is 44.5 Å². The first kappa shape index (κ1) is 14.5. The molecule has 20 heavy (non-hydrogen) atoms. The zero-order valence-corrected chi connectivity index (χ0v) is 12.1. The molecule has 2 heterocycles. The molecule has 0 radical (unpaired) electrons. The lowest BCUT2D eigenvalue weighted by molar-refractivity contribution is 0.147. The van der Waals surface area contributed by atoms with Crippen molar-refractivity contribution in [3.05, 3.63) is 42.5 Å². The largest absolute Gasteiger partial charge is 0.382 e. The molecule has 0 bridgehead atoms. The molecule has 5 nitrogen and oxygen atoms in total. The Hall–Kier alpha value is -1.88. The van der Waals surface area contributed by atoms with E-state index in [2.05, 4.69) is 26.8 Å². The Balaban J connectivity index is 1.94. The highest BCUT2D eigenvalue weighted by atomic mass is 16.5. The summed E-state index contributed by atoms with van der Waals surface area (Å²) in [4.78, 5) is 8.43. The summed E-state index contributed by atoms with van der Waals surface area (Å²) in [5.41, 5.74) is 1.22. The molecule has 1 atom stereocenters. The maximum atomic E-state index is 5.33. The number of anilines is 1. The summed E-state index contributed by atoms with van der Waals surface area (Å²) in [6.45, 7) is 6.58. The van der Waals surface area contributed by atoms with Crippen molar-refractivity contribution in [1.29, 1.82) is 0 Å². The first-order valence-electron chi connectivity index (χ1n) is 7.07. The lowest BCUT2D eigenvalue weighted by Gasteiger charge is -2.17. The van der Waals surface area contributed by atoms with E-state index in [1.54, 1.807) is 0 Å². The molecule has 2 aromatic heterocycles. The number of aromatic nitrogens is 3. The van der Waals surface area contributed by atoms with Gasteiger partial charge in [-0.2, -0.15) is 0 Å². The summed E-state index contributed by atoms with van der Waals surface area (Å²) in [6.07, 6.45) is 8.43. The predicted molar refractivity (Wildman–Crippen MR) is 79.9 cm³/mol. The predicted octanol–water partition coefficient (Wildman–Crippen LogP) is 2.73. The Bertz CT molecular complexity index is 498. The number of nitrogens with zero attached hydrogens (tertiary/aromatic N) is 3. The van der Waals surface area contributed by atoms with Gasteiger partial charge in [-0.05, 0) is 38.0 Å². The van der Waals surface area contributed by atoms with E-state index in [0.29, 0.717) is 0 Å². The minimum Gasteiger partial charge on any atom is -0.382 e. The lowest BCUT2D eigenvalue weighted by atomic mass is 10.1. The van der Waals surface area contributed by atoms with E-state index < -0.39 is 0 Å². The van der Waals surface area contributed by atoms with Crippen LogP contribution < -0.4 is 5.32 Å². The van der Waals surface area contributed by atoms with Crippen molar-refractivity contribution < 1.29 is 4.74 Å². The average Bonchev–Trinajstić information content (AvgIpc) is 2.95. The van der Waals surface area contributed by atoms with E-state index >= 15 is 0 Å². The Labute approximate surface area is 120 Å². The monoisotopic (exact) mass is 274 g/mol. The van der Waals surface area contributed by atoms with Gasteiger partial charge in [-0.15, -0.1) is 0 Å². The van der Waals surface area contributed by atoms with Crippen LogP contribution in [0.15, 0.2) is 36.9 Å². The van der Waals surface area contributed by atoms with Crippen LogP contribution in [0.2, 0.25) is 0 Å². The van der Waals surface area contributed by atoms with Crippen molar-refractivity contribution in [1.82, 2.24) is 14.5 Å². The molecule has 0 spiro atoms. The van der Waals surface area contributed by atoms with Gasteiger partial charge in [0.15, 0.2) is 0 Å². The summed E-state index contributed by atoms with van der Waals surface area (Å²) < 4.78 is 7.46. The van der Waals surface area contributed by atoms with Crippen molar-refractivity contribution in [2.75, 3.05) is 25.1 Å². The molecule has 2 aromatic rings. The maximum absolute atomic E-state index is 5.33. The van der Waals surface area contributed by atoms with Crippen LogP contribution in [0.5, 0.6) is 0 Å². The van der Waals surface area contributed by atoms with Gasteiger partial charge in [0.25, 0.3) is 0 Å². The van der Waals surface area contributed by atoms with Gasteiger partial charge < -0.3 is 14.6 Å². The van der Waals surface area contributed by atoms with Crippen molar-refractivity contribution in [2.24, 2.45) is 0 Å². The average molecular weight is 274 g/mol. The van der Waals surface area contributed by atoms with E-state index in [0.717, 1.165) is 32.1 Å². The zero-order valence-electron chi connectivity index (χ0n) is 12.1. The van der Waals surface area contributed by atoms with E-state index in [1.807, 2.05) is 43.8 Å². The highest BCUT2D eigenvalue weighted by Crippen LogP contribution is 2.20. The SMILES string of the molecule is CCOCCCNc1nccn1C(C)c1ccncc1.